The number of carboxylic acid groups (broad SMARTS) is 1. The average molecular weight is 288 g/mol. The molecule has 1 aromatic rings. The zero-order valence-corrected chi connectivity index (χ0v) is 11.7. The number of nitrogens with one attached hydrogen (secondary N) is 1. The Labute approximate surface area is 111 Å². The van der Waals surface area contributed by atoms with Gasteiger partial charge in [-0.25, -0.2) is 0 Å². The minimum Gasteiger partial charge on any atom is -0.480 e. The van der Waals surface area contributed by atoms with Crippen LogP contribution in [0.5, 0.6) is 0 Å². The van der Waals surface area contributed by atoms with Crippen molar-refractivity contribution in [3.05, 3.63) is 17.5 Å². The Bertz CT molecular complexity index is 609. The fourth-order valence-corrected chi connectivity index (χ4v) is 3.42. The van der Waals surface area contributed by atoms with Gasteiger partial charge in [0.15, 0.2) is 0 Å². The van der Waals surface area contributed by atoms with Crippen LogP contribution in [0.15, 0.2) is 6.20 Å². The van der Waals surface area contributed by atoms with Crippen LogP contribution in [0.25, 0.3) is 0 Å². The molecule has 2 heterocycles. The van der Waals surface area contributed by atoms with Gasteiger partial charge >= 0.3 is 5.97 Å². The van der Waals surface area contributed by atoms with Crippen molar-refractivity contribution in [2.24, 2.45) is 7.05 Å². The van der Waals surface area contributed by atoms with Gasteiger partial charge in [0, 0.05) is 25.4 Å². The molecule has 9 heteroatoms. The Morgan fingerprint density at radius 2 is 2.16 bits per heavy atom. The maximum absolute atomic E-state index is 11.9. The Kier molecular flexibility index (Phi) is 3.37. The van der Waals surface area contributed by atoms with Gasteiger partial charge in [-0.3, -0.25) is 9.48 Å². The van der Waals surface area contributed by atoms with E-state index in [-0.39, 0.29) is 6.42 Å². The number of carboxylic acids is 1. The van der Waals surface area contributed by atoms with Crippen LogP contribution in [0.1, 0.15) is 23.7 Å². The number of rotatable bonds is 2. The lowest BCUT2D eigenvalue weighted by atomic mass is 10.0. The van der Waals surface area contributed by atoms with Gasteiger partial charge in [0.1, 0.15) is 6.04 Å². The van der Waals surface area contributed by atoms with E-state index < -0.39 is 28.3 Å². The zero-order valence-electron chi connectivity index (χ0n) is 10.9. The molecule has 0 unspecified atom stereocenters. The number of carbonyl (C=O) groups is 1. The number of aryl methyl sites for hydroxylation is 1. The molecule has 2 N–H and O–H groups in total. The third-order valence-corrected chi connectivity index (χ3v) is 5.10. The lowest BCUT2D eigenvalue weighted by molar-refractivity contribution is -0.141. The minimum absolute atomic E-state index is 0.164. The van der Waals surface area contributed by atoms with Crippen LogP contribution in [-0.2, 0) is 22.1 Å². The van der Waals surface area contributed by atoms with E-state index in [9.17, 15) is 13.2 Å². The molecule has 8 nitrogen and oxygen atoms in total. The van der Waals surface area contributed by atoms with Gasteiger partial charge < -0.3 is 5.11 Å². The summed E-state index contributed by atoms with van der Waals surface area (Å²) in [5.41, 5.74) is 1.51. The van der Waals surface area contributed by atoms with Crippen molar-refractivity contribution in [2.45, 2.75) is 25.4 Å². The van der Waals surface area contributed by atoms with E-state index in [2.05, 4.69) is 9.82 Å². The number of aliphatic carboxylic acids is 1. The van der Waals surface area contributed by atoms with Crippen LogP contribution in [0.4, 0.5) is 0 Å². The van der Waals surface area contributed by atoms with E-state index in [4.69, 9.17) is 5.11 Å². The van der Waals surface area contributed by atoms with Crippen LogP contribution in [-0.4, -0.2) is 46.7 Å². The van der Waals surface area contributed by atoms with Crippen LogP contribution in [0.3, 0.4) is 0 Å². The average Bonchev–Trinajstić information content (AvgIpc) is 2.63. The molecule has 1 aliphatic heterocycles. The Morgan fingerprint density at radius 3 is 2.63 bits per heavy atom. The SMILES string of the molecule is Cc1c([C@@H]2C[C@H](C(=O)O)N(C)S(=O)(=O)N2)cnn1C. The first kappa shape index (κ1) is 14.0. The van der Waals surface area contributed by atoms with Crippen LogP contribution in [0.2, 0.25) is 0 Å². The molecule has 1 fully saturated rings. The maximum Gasteiger partial charge on any atom is 0.322 e. The monoisotopic (exact) mass is 288 g/mol. The number of nitrogens with zero attached hydrogens (tertiary/aromatic N) is 3. The molecule has 0 saturated carbocycles. The standard InChI is InChI=1S/C10H16N4O4S/c1-6-7(5-11-13(6)2)8-4-9(10(15)16)14(3)19(17,18)12-8/h5,8-9,12H,4H2,1-3H3,(H,15,16)/t8-,9+/m0/s1. The first-order valence-corrected chi connectivity index (χ1v) is 7.14. The maximum atomic E-state index is 11.9. The van der Waals surface area contributed by atoms with Crippen LogP contribution in [0, 0.1) is 6.92 Å². The molecule has 106 valence electrons. The normalized spacial score (nSPS) is 27.3. The van der Waals surface area contributed by atoms with Crippen LogP contribution >= 0.6 is 0 Å². The summed E-state index contributed by atoms with van der Waals surface area (Å²) in [4.78, 5) is 11.2. The highest BCUT2D eigenvalue weighted by Crippen LogP contribution is 2.29. The van der Waals surface area contributed by atoms with Gasteiger partial charge in [-0.1, -0.05) is 0 Å². The Balaban J connectivity index is 2.39. The molecule has 0 spiro atoms. The third-order valence-electron chi connectivity index (χ3n) is 3.50. The highest BCUT2D eigenvalue weighted by Gasteiger charge is 2.41. The summed E-state index contributed by atoms with van der Waals surface area (Å²) >= 11 is 0. The zero-order chi connectivity index (χ0) is 14.4. The van der Waals surface area contributed by atoms with Gasteiger partial charge in [-0.05, 0) is 13.3 Å². The van der Waals surface area contributed by atoms with Gasteiger partial charge in [-0.2, -0.15) is 22.5 Å². The summed E-state index contributed by atoms with van der Waals surface area (Å²) in [6.45, 7) is 1.81. The van der Waals surface area contributed by atoms with Crippen molar-refractivity contribution >= 4 is 16.2 Å². The molecule has 0 bridgehead atoms. The quantitative estimate of drug-likeness (QED) is 0.755. The second kappa shape index (κ2) is 4.58. The molecule has 0 aromatic carbocycles. The van der Waals surface area contributed by atoms with E-state index >= 15 is 0 Å². The topological polar surface area (TPSA) is 105 Å². The predicted octanol–water partition coefficient (Wildman–Crippen LogP) is -0.607. The number of hydrogen-bond acceptors (Lipinski definition) is 4. The minimum atomic E-state index is -3.80. The van der Waals surface area contributed by atoms with Crippen molar-refractivity contribution in [1.82, 2.24) is 18.8 Å². The smallest absolute Gasteiger partial charge is 0.322 e. The van der Waals surface area contributed by atoms with Crippen molar-refractivity contribution in [1.29, 1.82) is 0 Å². The highest BCUT2D eigenvalue weighted by atomic mass is 32.2. The summed E-state index contributed by atoms with van der Waals surface area (Å²) in [5, 5.41) is 13.2. The van der Waals surface area contributed by atoms with Crippen molar-refractivity contribution in [3.63, 3.8) is 0 Å². The lowest BCUT2D eigenvalue weighted by Gasteiger charge is -2.34. The molecular weight excluding hydrogens is 272 g/mol. The molecular formula is C10H16N4O4S. The molecule has 1 saturated heterocycles. The molecule has 0 radical (unpaired) electrons. The first-order chi connectivity index (χ1) is 8.74. The van der Waals surface area contributed by atoms with Gasteiger partial charge in [0.25, 0.3) is 10.2 Å². The van der Waals surface area contributed by atoms with E-state index in [1.807, 2.05) is 6.92 Å². The van der Waals surface area contributed by atoms with E-state index in [1.165, 1.54) is 7.05 Å². The van der Waals surface area contributed by atoms with E-state index in [0.29, 0.717) is 5.56 Å². The molecule has 2 rings (SSSR count). The molecule has 19 heavy (non-hydrogen) atoms. The molecule has 1 aliphatic rings. The number of likely N-dealkylation sites (N-methyl/N-ethyl adjacent to an activating group) is 1. The fraction of sp³-hybridized carbons (Fsp3) is 0.600. The Hall–Kier alpha value is -1.45. The van der Waals surface area contributed by atoms with E-state index in [1.54, 1.807) is 17.9 Å². The highest BCUT2D eigenvalue weighted by molar-refractivity contribution is 7.87. The van der Waals surface area contributed by atoms with Crippen molar-refractivity contribution in [2.75, 3.05) is 7.05 Å². The Morgan fingerprint density at radius 1 is 1.53 bits per heavy atom. The van der Waals surface area contributed by atoms with Crippen molar-refractivity contribution < 1.29 is 18.3 Å². The van der Waals surface area contributed by atoms with Crippen molar-refractivity contribution in [3.8, 4) is 0 Å². The second-order valence-electron chi connectivity index (χ2n) is 4.59. The summed E-state index contributed by atoms with van der Waals surface area (Å²) in [6.07, 6.45) is 1.73. The van der Waals surface area contributed by atoms with Gasteiger partial charge in [-0.15, -0.1) is 0 Å². The fourth-order valence-electron chi connectivity index (χ4n) is 2.15. The summed E-state index contributed by atoms with van der Waals surface area (Å²) in [6, 6.07) is -1.65. The number of hydrogen-bond donors (Lipinski definition) is 2. The van der Waals surface area contributed by atoms with Gasteiger partial charge in [0.05, 0.1) is 12.2 Å². The van der Waals surface area contributed by atoms with Crippen LogP contribution < -0.4 is 4.72 Å². The molecule has 1 aromatic heterocycles. The third kappa shape index (κ3) is 2.36. The summed E-state index contributed by atoms with van der Waals surface area (Å²) < 4.78 is 28.8. The molecule has 0 aliphatic carbocycles. The summed E-state index contributed by atoms with van der Waals surface area (Å²) in [7, 11) is -0.791. The first-order valence-electron chi connectivity index (χ1n) is 5.70. The second-order valence-corrected chi connectivity index (χ2v) is 6.35. The largest absolute Gasteiger partial charge is 0.480 e. The predicted molar refractivity (Wildman–Crippen MR) is 66.5 cm³/mol. The summed E-state index contributed by atoms with van der Waals surface area (Å²) in [5.74, 6) is -1.15. The molecule has 2 atom stereocenters. The van der Waals surface area contributed by atoms with E-state index in [0.717, 1.165) is 10.00 Å². The molecule has 0 amide bonds. The van der Waals surface area contributed by atoms with Gasteiger partial charge in [0.2, 0.25) is 0 Å². The number of aromatic nitrogens is 2. The lowest BCUT2D eigenvalue weighted by Crippen LogP contribution is -2.54.